The molecule has 1 heterocycles. The summed E-state index contributed by atoms with van der Waals surface area (Å²) in [5.74, 6) is 0.874. The molecule has 0 aromatic heterocycles. The van der Waals surface area contributed by atoms with E-state index in [0.29, 0.717) is 12.0 Å². The third-order valence-electron chi connectivity index (χ3n) is 4.90. The SMILES string of the molecule is CCCC[C@@H]1C[C@H](CCC2CCCCC2N)OC1=O. The molecular formula is C16H29NO2. The van der Waals surface area contributed by atoms with E-state index >= 15 is 0 Å². The van der Waals surface area contributed by atoms with E-state index in [1.165, 1.54) is 25.7 Å². The Bertz CT molecular complexity index is 292. The van der Waals surface area contributed by atoms with Gasteiger partial charge in [-0.2, -0.15) is 0 Å². The number of carbonyl (C=O) groups excluding carboxylic acids is 1. The zero-order valence-corrected chi connectivity index (χ0v) is 12.3. The lowest BCUT2D eigenvalue weighted by Gasteiger charge is -2.29. The first kappa shape index (κ1) is 14.8. The molecule has 2 N–H and O–H groups in total. The Balaban J connectivity index is 1.70. The second-order valence-electron chi connectivity index (χ2n) is 6.42. The van der Waals surface area contributed by atoms with Crippen LogP contribution in [0.3, 0.4) is 0 Å². The van der Waals surface area contributed by atoms with Crippen molar-refractivity contribution in [2.24, 2.45) is 17.6 Å². The fraction of sp³-hybridized carbons (Fsp3) is 0.938. The van der Waals surface area contributed by atoms with Gasteiger partial charge in [-0.15, -0.1) is 0 Å². The van der Waals surface area contributed by atoms with Crippen LogP contribution in [-0.4, -0.2) is 18.1 Å². The lowest BCUT2D eigenvalue weighted by atomic mass is 9.81. The van der Waals surface area contributed by atoms with Crippen LogP contribution < -0.4 is 5.73 Å². The first-order chi connectivity index (χ1) is 9.20. The Hall–Kier alpha value is -0.570. The molecule has 2 fully saturated rings. The van der Waals surface area contributed by atoms with Crippen LogP contribution in [0.1, 0.15) is 71.1 Å². The Labute approximate surface area is 117 Å². The van der Waals surface area contributed by atoms with Crippen molar-refractivity contribution in [3.63, 3.8) is 0 Å². The highest BCUT2D eigenvalue weighted by molar-refractivity contribution is 5.74. The average molecular weight is 267 g/mol. The Morgan fingerprint density at radius 3 is 2.74 bits per heavy atom. The van der Waals surface area contributed by atoms with Gasteiger partial charge in [-0.1, -0.05) is 32.6 Å². The van der Waals surface area contributed by atoms with Crippen LogP contribution in [0.5, 0.6) is 0 Å². The van der Waals surface area contributed by atoms with Gasteiger partial charge in [-0.05, 0) is 44.4 Å². The van der Waals surface area contributed by atoms with Crippen LogP contribution in [-0.2, 0) is 9.53 Å². The molecule has 0 aromatic carbocycles. The van der Waals surface area contributed by atoms with Crippen molar-refractivity contribution >= 4 is 5.97 Å². The molecule has 3 heteroatoms. The Morgan fingerprint density at radius 2 is 2.00 bits per heavy atom. The summed E-state index contributed by atoms with van der Waals surface area (Å²) in [6, 6.07) is 0.377. The molecule has 2 unspecified atom stereocenters. The molecule has 1 aliphatic heterocycles. The molecule has 2 aliphatic rings. The van der Waals surface area contributed by atoms with Gasteiger partial charge in [0.2, 0.25) is 0 Å². The molecule has 2 rings (SSSR count). The zero-order chi connectivity index (χ0) is 13.7. The quantitative estimate of drug-likeness (QED) is 0.750. The summed E-state index contributed by atoms with van der Waals surface area (Å²) in [6.07, 6.45) is 11.6. The molecule has 19 heavy (non-hydrogen) atoms. The highest BCUT2D eigenvalue weighted by Crippen LogP contribution is 2.32. The minimum absolute atomic E-state index is 0.0476. The first-order valence-electron chi connectivity index (χ1n) is 8.16. The summed E-state index contributed by atoms with van der Waals surface area (Å²) in [5, 5.41) is 0. The minimum atomic E-state index is 0.0476. The van der Waals surface area contributed by atoms with E-state index in [0.717, 1.165) is 38.5 Å². The number of rotatable bonds is 6. The molecule has 1 saturated carbocycles. The number of hydrogen-bond acceptors (Lipinski definition) is 3. The third kappa shape index (κ3) is 4.20. The van der Waals surface area contributed by atoms with E-state index in [-0.39, 0.29) is 18.0 Å². The van der Waals surface area contributed by atoms with E-state index in [2.05, 4.69) is 6.92 Å². The van der Waals surface area contributed by atoms with Gasteiger partial charge >= 0.3 is 5.97 Å². The molecule has 4 atom stereocenters. The van der Waals surface area contributed by atoms with Gasteiger partial charge < -0.3 is 10.5 Å². The predicted molar refractivity (Wildman–Crippen MR) is 76.7 cm³/mol. The van der Waals surface area contributed by atoms with Gasteiger partial charge in [0.05, 0.1) is 5.92 Å². The molecule has 0 spiro atoms. The predicted octanol–water partition coefficient (Wildman–Crippen LogP) is 3.41. The van der Waals surface area contributed by atoms with Gasteiger partial charge in [0.15, 0.2) is 0 Å². The lowest BCUT2D eigenvalue weighted by molar-refractivity contribution is -0.144. The van der Waals surface area contributed by atoms with Gasteiger partial charge in [-0.3, -0.25) is 4.79 Å². The highest BCUT2D eigenvalue weighted by atomic mass is 16.5. The lowest BCUT2D eigenvalue weighted by Crippen LogP contribution is -2.33. The van der Waals surface area contributed by atoms with Crippen LogP contribution in [0.2, 0.25) is 0 Å². The largest absolute Gasteiger partial charge is 0.462 e. The van der Waals surface area contributed by atoms with Crippen LogP contribution in [0, 0.1) is 11.8 Å². The summed E-state index contributed by atoms with van der Waals surface area (Å²) < 4.78 is 5.52. The second-order valence-corrected chi connectivity index (χ2v) is 6.42. The maximum absolute atomic E-state index is 11.8. The van der Waals surface area contributed by atoms with Gasteiger partial charge in [0, 0.05) is 6.04 Å². The standard InChI is InChI=1S/C16H29NO2/c1-2-3-6-13-11-14(19-16(13)18)10-9-12-7-4-5-8-15(12)17/h12-15H,2-11,17H2,1H3/t12?,13-,14+,15?/m1/s1. The zero-order valence-electron chi connectivity index (χ0n) is 12.3. The van der Waals surface area contributed by atoms with E-state index in [1.807, 2.05) is 0 Å². The summed E-state index contributed by atoms with van der Waals surface area (Å²) in [6.45, 7) is 2.17. The van der Waals surface area contributed by atoms with E-state index < -0.39 is 0 Å². The molecule has 1 aliphatic carbocycles. The van der Waals surface area contributed by atoms with Crippen LogP contribution in [0.25, 0.3) is 0 Å². The maximum Gasteiger partial charge on any atom is 0.309 e. The molecule has 110 valence electrons. The summed E-state index contributed by atoms with van der Waals surface area (Å²) in [4.78, 5) is 11.8. The molecular weight excluding hydrogens is 238 g/mol. The van der Waals surface area contributed by atoms with E-state index in [4.69, 9.17) is 10.5 Å². The van der Waals surface area contributed by atoms with Crippen molar-refractivity contribution in [1.29, 1.82) is 0 Å². The van der Waals surface area contributed by atoms with Crippen LogP contribution in [0.15, 0.2) is 0 Å². The van der Waals surface area contributed by atoms with Crippen molar-refractivity contribution in [2.75, 3.05) is 0 Å². The topological polar surface area (TPSA) is 52.3 Å². The maximum atomic E-state index is 11.8. The molecule has 0 bridgehead atoms. The second kappa shape index (κ2) is 7.28. The van der Waals surface area contributed by atoms with Gasteiger partial charge in [0.25, 0.3) is 0 Å². The van der Waals surface area contributed by atoms with Gasteiger partial charge in [-0.25, -0.2) is 0 Å². The number of cyclic esters (lactones) is 1. The summed E-state index contributed by atoms with van der Waals surface area (Å²) >= 11 is 0. The first-order valence-corrected chi connectivity index (χ1v) is 8.16. The molecule has 3 nitrogen and oxygen atoms in total. The van der Waals surface area contributed by atoms with Gasteiger partial charge in [0.1, 0.15) is 6.10 Å². The molecule has 1 saturated heterocycles. The van der Waals surface area contributed by atoms with Crippen molar-refractivity contribution in [2.45, 2.75) is 83.3 Å². The minimum Gasteiger partial charge on any atom is -0.462 e. The number of carbonyl (C=O) groups is 1. The Morgan fingerprint density at radius 1 is 1.21 bits per heavy atom. The number of esters is 1. The fourth-order valence-electron chi connectivity index (χ4n) is 3.58. The summed E-state index contributed by atoms with van der Waals surface area (Å²) in [7, 11) is 0. The number of unbranched alkanes of at least 4 members (excludes halogenated alkanes) is 1. The Kier molecular flexibility index (Phi) is 5.68. The third-order valence-corrected chi connectivity index (χ3v) is 4.90. The van der Waals surface area contributed by atoms with E-state index in [9.17, 15) is 4.79 Å². The average Bonchev–Trinajstić information content (AvgIpc) is 2.76. The highest BCUT2D eigenvalue weighted by Gasteiger charge is 2.34. The number of hydrogen-bond donors (Lipinski definition) is 1. The van der Waals surface area contributed by atoms with Crippen LogP contribution >= 0.6 is 0 Å². The van der Waals surface area contributed by atoms with Crippen molar-refractivity contribution in [3.8, 4) is 0 Å². The van der Waals surface area contributed by atoms with E-state index in [1.54, 1.807) is 0 Å². The fourth-order valence-corrected chi connectivity index (χ4v) is 3.58. The summed E-state index contributed by atoms with van der Waals surface area (Å²) in [5.41, 5.74) is 6.18. The van der Waals surface area contributed by atoms with Crippen molar-refractivity contribution < 1.29 is 9.53 Å². The number of nitrogens with two attached hydrogens (primary N) is 1. The monoisotopic (exact) mass is 267 g/mol. The smallest absolute Gasteiger partial charge is 0.309 e. The van der Waals surface area contributed by atoms with Crippen molar-refractivity contribution in [3.05, 3.63) is 0 Å². The normalized spacial score (nSPS) is 35.4. The van der Waals surface area contributed by atoms with Crippen molar-refractivity contribution in [1.82, 2.24) is 0 Å². The molecule has 0 aromatic rings. The molecule has 0 amide bonds. The van der Waals surface area contributed by atoms with Crippen LogP contribution in [0.4, 0.5) is 0 Å². The number of ether oxygens (including phenoxy) is 1. The molecule has 0 radical (unpaired) electrons.